The van der Waals surface area contributed by atoms with Gasteiger partial charge in [0.05, 0.1) is 18.2 Å². The molecule has 5 nitrogen and oxygen atoms in total. The lowest BCUT2D eigenvalue weighted by molar-refractivity contribution is -0.117. The lowest BCUT2D eigenvalue weighted by atomic mass is 9.59. The molecule has 0 spiro atoms. The van der Waals surface area contributed by atoms with Crippen molar-refractivity contribution in [3.63, 3.8) is 0 Å². The number of pyridine rings is 1. The third kappa shape index (κ3) is 4.81. The molecule has 3 unspecified atom stereocenters. The van der Waals surface area contributed by atoms with E-state index in [0.717, 1.165) is 34.9 Å². The van der Waals surface area contributed by atoms with Crippen LogP contribution in [0.5, 0.6) is 0 Å². The summed E-state index contributed by atoms with van der Waals surface area (Å²) in [5.41, 5.74) is 4.54. The molecule has 0 amide bonds. The fraction of sp³-hybridized carbons (Fsp3) is 0.600. The third-order valence-corrected chi connectivity index (χ3v) is 6.95. The van der Waals surface area contributed by atoms with E-state index >= 15 is 0 Å². The van der Waals surface area contributed by atoms with Crippen molar-refractivity contribution >= 4 is 17.2 Å². The van der Waals surface area contributed by atoms with Gasteiger partial charge in [0.1, 0.15) is 12.1 Å². The first kappa shape index (κ1) is 23.8. The van der Waals surface area contributed by atoms with E-state index in [0.29, 0.717) is 37.1 Å². The van der Waals surface area contributed by atoms with Crippen molar-refractivity contribution in [1.29, 1.82) is 0 Å². The molecule has 1 aliphatic rings. The number of nitrogens with zero attached hydrogens (tertiary/aromatic N) is 1. The summed E-state index contributed by atoms with van der Waals surface area (Å²) in [5.74, 6) is 0.393. The van der Waals surface area contributed by atoms with E-state index in [1.54, 1.807) is 21.0 Å². The second-order valence-electron chi connectivity index (χ2n) is 9.11. The van der Waals surface area contributed by atoms with Crippen molar-refractivity contribution in [3.8, 4) is 0 Å². The molecule has 1 heterocycles. The maximum atomic E-state index is 14.4. The number of hydrogen-bond donors (Lipinski definition) is 2. The Morgan fingerprint density at radius 1 is 1.39 bits per heavy atom. The molecule has 2 aromatic rings. The third-order valence-electron chi connectivity index (χ3n) is 6.95. The summed E-state index contributed by atoms with van der Waals surface area (Å²) in [6.07, 6.45) is 2.81. The molecule has 6 heteroatoms. The van der Waals surface area contributed by atoms with Crippen molar-refractivity contribution in [2.75, 3.05) is 20.8 Å². The first-order chi connectivity index (χ1) is 14.8. The zero-order valence-electron chi connectivity index (χ0n) is 19.2. The molecule has 0 bridgehead atoms. The van der Waals surface area contributed by atoms with Crippen LogP contribution in [0.3, 0.4) is 0 Å². The number of methoxy groups -OCH3 is 1. The smallest absolute Gasteiger partial charge is 0.128 e. The molecule has 0 radical (unpaired) electrons. The Morgan fingerprint density at radius 2 is 2.13 bits per heavy atom. The van der Waals surface area contributed by atoms with E-state index in [9.17, 15) is 14.3 Å². The minimum Gasteiger partial charge on any atom is -0.393 e. The van der Waals surface area contributed by atoms with Crippen LogP contribution >= 0.6 is 0 Å². The van der Waals surface area contributed by atoms with Gasteiger partial charge in [0, 0.05) is 42.6 Å². The predicted molar refractivity (Wildman–Crippen MR) is 121 cm³/mol. The molecule has 0 saturated heterocycles. The Labute approximate surface area is 184 Å². The summed E-state index contributed by atoms with van der Waals surface area (Å²) in [6.45, 7) is 6.83. The molecule has 31 heavy (non-hydrogen) atoms. The van der Waals surface area contributed by atoms with Gasteiger partial charge >= 0.3 is 0 Å². The standard InChI is InChI=1S/C25H35FN2O3/c1-14-8-21-18(7-6-15(2)30)22(11-27-4)25(28-24(21)10-23(14)26)20-9-19(16(20)3)17(12-29)13-31-5/h8,10,12,15-17,19-20,27,30H,6-7,9,11,13H2,1-5H3/t15-,16?,17?,19?,20+/m1/s1. The van der Waals surface area contributed by atoms with Gasteiger partial charge in [-0.1, -0.05) is 6.92 Å². The van der Waals surface area contributed by atoms with Crippen LogP contribution in [0.4, 0.5) is 4.39 Å². The Bertz CT molecular complexity index is 931. The molecule has 1 aromatic carbocycles. The first-order valence-corrected chi connectivity index (χ1v) is 11.2. The predicted octanol–water partition coefficient (Wildman–Crippen LogP) is 3.92. The van der Waals surface area contributed by atoms with E-state index in [1.807, 2.05) is 13.1 Å². The Morgan fingerprint density at radius 3 is 2.71 bits per heavy atom. The van der Waals surface area contributed by atoms with E-state index in [1.165, 1.54) is 6.07 Å². The van der Waals surface area contributed by atoms with Gasteiger partial charge in [-0.2, -0.15) is 0 Å². The van der Waals surface area contributed by atoms with Crippen molar-refractivity contribution in [3.05, 3.63) is 40.3 Å². The lowest BCUT2D eigenvalue weighted by Gasteiger charge is -2.46. The van der Waals surface area contributed by atoms with Crippen LogP contribution in [-0.4, -0.2) is 43.2 Å². The highest BCUT2D eigenvalue weighted by molar-refractivity contribution is 5.85. The number of rotatable bonds is 10. The van der Waals surface area contributed by atoms with Crippen molar-refractivity contribution in [1.82, 2.24) is 10.3 Å². The maximum absolute atomic E-state index is 14.4. The number of aldehydes is 1. The molecule has 2 N–H and O–H groups in total. The van der Waals surface area contributed by atoms with Gasteiger partial charge in [-0.15, -0.1) is 0 Å². The van der Waals surface area contributed by atoms with Crippen LogP contribution in [0.2, 0.25) is 0 Å². The fourth-order valence-electron chi connectivity index (χ4n) is 5.05. The van der Waals surface area contributed by atoms with Gasteiger partial charge < -0.3 is 20.0 Å². The number of aliphatic hydroxyl groups is 1. The first-order valence-electron chi connectivity index (χ1n) is 11.2. The molecule has 1 aromatic heterocycles. The number of ether oxygens (including phenoxy) is 1. The molecule has 1 fully saturated rings. The van der Waals surface area contributed by atoms with Crippen molar-refractivity contribution < 1.29 is 19.0 Å². The van der Waals surface area contributed by atoms with E-state index < -0.39 is 6.10 Å². The van der Waals surface area contributed by atoms with Crippen molar-refractivity contribution in [2.24, 2.45) is 17.8 Å². The van der Waals surface area contributed by atoms with Crippen LogP contribution in [0.1, 0.15) is 55.0 Å². The molecule has 1 aliphatic carbocycles. The molecule has 0 aliphatic heterocycles. The normalized spacial score (nSPS) is 22.9. The quantitative estimate of drug-likeness (QED) is 0.559. The van der Waals surface area contributed by atoms with Crippen LogP contribution in [0.15, 0.2) is 12.1 Å². The second kappa shape index (κ2) is 10.2. The monoisotopic (exact) mass is 430 g/mol. The summed E-state index contributed by atoms with van der Waals surface area (Å²) in [5, 5.41) is 14.2. The average Bonchev–Trinajstić information content (AvgIpc) is 2.72. The number of halogens is 1. The number of aromatic nitrogens is 1. The van der Waals surface area contributed by atoms with Gasteiger partial charge in [0.2, 0.25) is 0 Å². The number of aliphatic hydroxyl groups excluding tert-OH is 1. The zero-order valence-corrected chi connectivity index (χ0v) is 19.2. The summed E-state index contributed by atoms with van der Waals surface area (Å²) in [7, 11) is 3.54. The minimum atomic E-state index is -0.412. The molecule has 3 rings (SSSR count). The second-order valence-corrected chi connectivity index (χ2v) is 9.11. The number of fused-ring (bicyclic) bond motifs is 1. The van der Waals surface area contributed by atoms with Gasteiger partial charge in [0.15, 0.2) is 0 Å². The molecule has 1 saturated carbocycles. The number of aryl methyl sites for hydroxylation is 2. The largest absolute Gasteiger partial charge is 0.393 e. The highest BCUT2D eigenvalue weighted by Gasteiger charge is 2.44. The summed E-state index contributed by atoms with van der Waals surface area (Å²) >= 11 is 0. The SMILES string of the molecule is CNCc1c([C@H]2CC(C(C=O)COC)C2C)nc2cc(F)c(C)cc2c1CC[C@@H](C)O. The maximum Gasteiger partial charge on any atom is 0.128 e. The summed E-state index contributed by atoms with van der Waals surface area (Å²) < 4.78 is 19.6. The van der Waals surface area contributed by atoms with Crippen LogP contribution in [0, 0.1) is 30.5 Å². The van der Waals surface area contributed by atoms with E-state index in [-0.39, 0.29) is 29.5 Å². The zero-order chi connectivity index (χ0) is 22.7. The van der Waals surface area contributed by atoms with Crippen LogP contribution in [0.25, 0.3) is 10.9 Å². The molecular formula is C25H35FN2O3. The molecule has 170 valence electrons. The van der Waals surface area contributed by atoms with E-state index in [2.05, 4.69) is 12.2 Å². The number of hydrogen-bond acceptors (Lipinski definition) is 5. The lowest BCUT2D eigenvalue weighted by Crippen LogP contribution is -2.41. The Kier molecular flexibility index (Phi) is 7.78. The van der Waals surface area contributed by atoms with Crippen LogP contribution in [-0.2, 0) is 22.5 Å². The van der Waals surface area contributed by atoms with Crippen LogP contribution < -0.4 is 5.32 Å². The Hall–Kier alpha value is -1.89. The number of benzene rings is 1. The fourth-order valence-corrected chi connectivity index (χ4v) is 5.05. The van der Waals surface area contributed by atoms with Gasteiger partial charge in [-0.3, -0.25) is 4.98 Å². The molecular weight excluding hydrogens is 395 g/mol. The number of nitrogens with one attached hydrogen (secondary N) is 1. The number of carbonyl (C=O) groups is 1. The van der Waals surface area contributed by atoms with Crippen molar-refractivity contribution in [2.45, 2.75) is 58.6 Å². The number of carbonyl (C=O) groups excluding carboxylic acids is 1. The van der Waals surface area contributed by atoms with Gasteiger partial charge in [0.25, 0.3) is 0 Å². The topological polar surface area (TPSA) is 71.5 Å². The summed E-state index contributed by atoms with van der Waals surface area (Å²) in [4.78, 5) is 16.5. The highest BCUT2D eigenvalue weighted by atomic mass is 19.1. The minimum absolute atomic E-state index is 0.112. The van der Waals surface area contributed by atoms with Gasteiger partial charge in [-0.05, 0) is 74.8 Å². The van der Waals surface area contributed by atoms with Gasteiger partial charge in [-0.25, -0.2) is 4.39 Å². The summed E-state index contributed by atoms with van der Waals surface area (Å²) in [6, 6.07) is 3.41. The van der Waals surface area contributed by atoms with E-state index in [4.69, 9.17) is 9.72 Å². The molecule has 5 atom stereocenters. The highest BCUT2D eigenvalue weighted by Crippen LogP contribution is 2.51. The average molecular weight is 431 g/mol. The Balaban J connectivity index is 2.09.